The summed E-state index contributed by atoms with van der Waals surface area (Å²) >= 11 is 7.20. The van der Waals surface area contributed by atoms with Crippen molar-refractivity contribution in [2.24, 2.45) is 4.99 Å². The highest BCUT2D eigenvalue weighted by atomic mass is 127. The van der Waals surface area contributed by atoms with E-state index in [9.17, 15) is 14.0 Å². The predicted molar refractivity (Wildman–Crippen MR) is 188 cm³/mol. The number of benzene rings is 3. The first-order chi connectivity index (χ1) is 21.3. The zero-order chi connectivity index (χ0) is 30.8. The van der Waals surface area contributed by atoms with Crippen molar-refractivity contribution in [3.63, 3.8) is 0 Å². The van der Waals surface area contributed by atoms with E-state index in [1.807, 2.05) is 66.1 Å². The van der Waals surface area contributed by atoms with E-state index in [2.05, 4.69) is 45.2 Å². The molecular formula is C33H23FI2N2O4S2. The molecule has 6 nitrogen and oxygen atoms in total. The summed E-state index contributed by atoms with van der Waals surface area (Å²) in [5.74, 6) is -0.0656. The van der Waals surface area contributed by atoms with Crippen molar-refractivity contribution < 1.29 is 18.7 Å². The zero-order valence-electron chi connectivity index (χ0n) is 23.1. The van der Waals surface area contributed by atoms with Crippen molar-refractivity contribution in [2.75, 3.05) is 6.61 Å². The third-order valence-electron chi connectivity index (χ3n) is 6.80. The first-order valence-electron chi connectivity index (χ1n) is 13.5. The molecule has 0 unspecified atom stereocenters. The Bertz CT molecular complexity index is 2030. The lowest BCUT2D eigenvalue weighted by Gasteiger charge is -2.24. The first kappa shape index (κ1) is 30.9. The third-order valence-corrected chi connectivity index (χ3v) is 10.3. The van der Waals surface area contributed by atoms with Crippen molar-refractivity contribution in [1.29, 1.82) is 0 Å². The van der Waals surface area contributed by atoms with Crippen LogP contribution in [0.3, 0.4) is 0 Å². The molecule has 11 heteroatoms. The number of nitrogens with zero attached hydrogens (tertiary/aromatic N) is 2. The van der Waals surface area contributed by atoms with Gasteiger partial charge in [0.15, 0.2) is 4.80 Å². The van der Waals surface area contributed by atoms with E-state index >= 15 is 0 Å². The summed E-state index contributed by atoms with van der Waals surface area (Å²) in [6.45, 7) is 2.27. The van der Waals surface area contributed by atoms with E-state index in [1.54, 1.807) is 23.6 Å². The Labute approximate surface area is 287 Å². The normalized spacial score (nSPS) is 14.7. The van der Waals surface area contributed by atoms with Crippen LogP contribution in [-0.2, 0) is 16.1 Å². The molecule has 0 N–H and O–H groups in total. The van der Waals surface area contributed by atoms with E-state index in [0.29, 0.717) is 27.2 Å². The minimum Gasteiger partial charge on any atom is -0.487 e. The van der Waals surface area contributed by atoms with Gasteiger partial charge in [-0.3, -0.25) is 9.36 Å². The summed E-state index contributed by atoms with van der Waals surface area (Å²) in [5, 5.41) is 1.93. The molecule has 0 saturated heterocycles. The Kier molecular flexibility index (Phi) is 9.45. The molecular weight excluding hydrogens is 825 g/mol. The van der Waals surface area contributed by atoms with Gasteiger partial charge in [-0.25, -0.2) is 14.2 Å². The Hall–Kier alpha value is -3.14. The van der Waals surface area contributed by atoms with Gasteiger partial charge in [-0.05, 0) is 105 Å². The SMILES string of the molecule is CCOC(=O)C1=C(c2ccccc2)N=c2s/c(=C\c3cc(I)c(OCc4ccc(F)cc4)c(I)c3)c(=O)n2[C@@H]1c1cccs1. The maximum Gasteiger partial charge on any atom is 0.338 e. The number of rotatable bonds is 8. The van der Waals surface area contributed by atoms with E-state index in [4.69, 9.17) is 14.5 Å². The average molecular weight is 848 g/mol. The predicted octanol–water partition coefficient (Wildman–Crippen LogP) is 6.92. The van der Waals surface area contributed by atoms with Gasteiger partial charge in [0.05, 0.1) is 29.5 Å². The van der Waals surface area contributed by atoms with Crippen LogP contribution in [0.5, 0.6) is 5.75 Å². The highest BCUT2D eigenvalue weighted by Crippen LogP contribution is 2.37. The zero-order valence-corrected chi connectivity index (χ0v) is 29.1. The smallest absolute Gasteiger partial charge is 0.338 e. The number of thiazole rings is 1. The molecule has 3 aromatic carbocycles. The van der Waals surface area contributed by atoms with Gasteiger partial charge in [0, 0.05) is 10.4 Å². The number of aromatic nitrogens is 1. The number of halogens is 3. The highest BCUT2D eigenvalue weighted by molar-refractivity contribution is 14.1. The standard InChI is InChI=1S/C33H23FI2N2O4S2/c1-2-41-32(40)27-28(21-7-4-3-5-8-21)37-33-38(29(27)25-9-6-14-43-25)31(39)26(44-33)17-20-15-23(35)30(24(36)16-20)42-18-19-10-12-22(34)13-11-19/h3-17,29H,2,18H2,1H3/b26-17-/t29-/m1/s1. The van der Waals surface area contributed by atoms with Crippen LogP contribution in [0.1, 0.15) is 34.5 Å². The van der Waals surface area contributed by atoms with Crippen LogP contribution < -0.4 is 19.6 Å². The number of carbonyl (C=O) groups excluding carboxylic acids is 1. The molecule has 3 heterocycles. The van der Waals surface area contributed by atoms with Crippen LogP contribution >= 0.6 is 67.9 Å². The molecule has 0 bridgehead atoms. The fraction of sp³-hybridized carbons (Fsp3) is 0.121. The number of fused-ring (bicyclic) bond motifs is 1. The maximum atomic E-state index is 14.1. The van der Waals surface area contributed by atoms with Crippen LogP contribution in [0.25, 0.3) is 11.8 Å². The van der Waals surface area contributed by atoms with Crippen molar-refractivity contribution >= 4 is 85.6 Å². The first-order valence-corrected chi connectivity index (χ1v) is 17.4. The quantitative estimate of drug-likeness (QED) is 0.126. The molecule has 0 amide bonds. The van der Waals surface area contributed by atoms with E-state index in [0.717, 1.165) is 34.5 Å². The van der Waals surface area contributed by atoms with Crippen LogP contribution in [0.15, 0.2) is 99.6 Å². The minimum atomic E-state index is -0.676. The molecule has 0 saturated carbocycles. The maximum absolute atomic E-state index is 14.1. The van der Waals surface area contributed by atoms with Crippen molar-refractivity contribution in [3.8, 4) is 5.75 Å². The fourth-order valence-corrected chi connectivity index (χ4v) is 8.80. The van der Waals surface area contributed by atoms with E-state index in [-0.39, 0.29) is 18.0 Å². The Morgan fingerprint density at radius 2 is 1.77 bits per heavy atom. The minimum absolute atomic E-state index is 0.201. The average Bonchev–Trinajstić information content (AvgIpc) is 3.66. The van der Waals surface area contributed by atoms with Crippen LogP contribution in [0.4, 0.5) is 4.39 Å². The summed E-state index contributed by atoms with van der Waals surface area (Å²) in [7, 11) is 0. The van der Waals surface area contributed by atoms with Gasteiger partial charge < -0.3 is 9.47 Å². The van der Waals surface area contributed by atoms with Gasteiger partial charge >= 0.3 is 5.97 Å². The Morgan fingerprint density at radius 3 is 2.43 bits per heavy atom. The summed E-state index contributed by atoms with van der Waals surface area (Å²) in [6.07, 6.45) is 1.85. The fourth-order valence-electron chi connectivity index (χ4n) is 4.84. The second-order valence-corrected chi connectivity index (χ2v) is 14.0. The van der Waals surface area contributed by atoms with Crippen molar-refractivity contribution in [1.82, 2.24) is 4.57 Å². The summed E-state index contributed by atoms with van der Waals surface area (Å²) < 4.78 is 28.7. The molecule has 5 aromatic rings. The molecule has 2 aromatic heterocycles. The number of esters is 1. The third kappa shape index (κ3) is 6.32. The molecule has 0 spiro atoms. The number of hydrogen-bond donors (Lipinski definition) is 0. The number of ether oxygens (including phenoxy) is 2. The lowest BCUT2D eigenvalue weighted by atomic mass is 9.97. The largest absolute Gasteiger partial charge is 0.487 e. The number of carbonyl (C=O) groups is 1. The van der Waals surface area contributed by atoms with Crippen LogP contribution in [-0.4, -0.2) is 17.1 Å². The van der Waals surface area contributed by atoms with Gasteiger partial charge in [0.1, 0.15) is 24.2 Å². The summed E-state index contributed by atoms with van der Waals surface area (Å²) in [4.78, 5) is 33.8. The summed E-state index contributed by atoms with van der Waals surface area (Å²) in [5.41, 5.74) is 3.07. The van der Waals surface area contributed by atoms with Crippen LogP contribution in [0, 0.1) is 13.0 Å². The second-order valence-electron chi connectivity index (χ2n) is 9.68. The molecule has 44 heavy (non-hydrogen) atoms. The van der Waals surface area contributed by atoms with Gasteiger partial charge in [0.2, 0.25) is 0 Å². The molecule has 0 aliphatic carbocycles. The summed E-state index contributed by atoms with van der Waals surface area (Å²) in [6, 6.07) is 22.8. The van der Waals surface area contributed by atoms with Gasteiger partial charge in [-0.1, -0.05) is 59.9 Å². The van der Waals surface area contributed by atoms with Crippen LogP contribution in [0.2, 0.25) is 0 Å². The lowest BCUT2D eigenvalue weighted by Crippen LogP contribution is -2.39. The number of thiophene rings is 1. The Balaban J connectivity index is 1.45. The molecule has 6 rings (SSSR count). The van der Waals surface area contributed by atoms with Gasteiger partial charge in [-0.15, -0.1) is 11.3 Å². The van der Waals surface area contributed by atoms with E-state index < -0.39 is 12.0 Å². The number of hydrogen-bond acceptors (Lipinski definition) is 7. The van der Waals surface area contributed by atoms with Gasteiger partial charge in [0.25, 0.3) is 5.56 Å². The van der Waals surface area contributed by atoms with Gasteiger partial charge in [-0.2, -0.15) is 0 Å². The Morgan fingerprint density at radius 1 is 1.05 bits per heavy atom. The second kappa shape index (κ2) is 13.5. The van der Waals surface area contributed by atoms with E-state index in [1.165, 1.54) is 34.8 Å². The molecule has 0 radical (unpaired) electrons. The molecule has 1 atom stereocenters. The molecule has 1 aliphatic rings. The monoisotopic (exact) mass is 848 g/mol. The topological polar surface area (TPSA) is 69.9 Å². The van der Waals surface area contributed by atoms with Crippen molar-refractivity contribution in [3.05, 3.63) is 144 Å². The molecule has 1 aliphatic heterocycles. The van der Waals surface area contributed by atoms with Crippen molar-refractivity contribution in [2.45, 2.75) is 19.6 Å². The molecule has 222 valence electrons. The highest BCUT2D eigenvalue weighted by Gasteiger charge is 2.35. The lowest BCUT2D eigenvalue weighted by molar-refractivity contribution is -0.138. The molecule has 0 fully saturated rings.